The van der Waals surface area contributed by atoms with Crippen molar-refractivity contribution < 1.29 is 9.90 Å². The van der Waals surface area contributed by atoms with Crippen molar-refractivity contribution in [3.05, 3.63) is 69.6 Å². The Morgan fingerprint density at radius 1 is 1.13 bits per heavy atom. The maximum Gasteiger partial charge on any atom is 0.355 e. The van der Waals surface area contributed by atoms with Crippen LogP contribution in [-0.4, -0.2) is 22.8 Å². The van der Waals surface area contributed by atoms with E-state index in [1.54, 1.807) is 30.3 Å². The normalized spacial score (nSPS) is 10.7. The van der Waals surface area contributed by atoms with Crippen molar-refractivity contribution in [2.45, 2.75) is 0 Å². The minimum absolute atomic E-state index is 0.126. The summed E-state index contributed by atoms with van der Waals surface area (Å²) >= 11 is 6.06. The predicted octanol–water partition coefficient (Wildman–Crippen LogP) is 3.19. The summed E-state index contributed by atoms with van der Waals surface area (Å²) in [5.74, 6) is -1.20. The molecule has 6 heteroatoms. The highest BCUT2D eigenvalue weighted by Gasteiger charge is 2.22. The summed E-state index contributed by atoms with van der Waals surface area (Å²) < 4.78 is 1.04. The van der Waals surface area contributed by atoms with Gasteiger partial charge < -0.3 is 10.5 Å². The summed E-state index contributed by atoms with van der Waals surface area (Å²) in [5.41, 5.74) is 3.24. The van der Waals surface area contributed by atoms with Crippen LogP contribution in [0.1, 0.15) is 10.5 Å². The van der Waals surface area contributed by atoms with Crippen molar-refractivity contribution >= 4 is 28.3 Å². The van der Waals surface area contributed by atoms with Crippen molar-refractivity contribution in [3.8, 4) is 11.1 Å². The topological polar surface area (TPSA) is 71.3 Å². The second kappa shape index (κ2) is 5.78. The number of carboxylic acid groups (broad SMARTS) is 1. The number of aromatic carboxylic acids is 1. The number of aromatic nitrogens is 1. The molecule has 0 saturated carbocycles. The summed E-state index contributed by atoms with van der Waals surface area (Å²) in [6.45, 7) is 0. The van der Waals surface area contributed by atoms with E-state index in [4.69, 9.17) is 11.6 Å². The van der Waals surface area contributed by atoms with E-state index in [9.17, 15) is 14.7 Å². The fraction of sp³-hybridized carbons (Fsp3) is 0.0588. The van der Waals surface area contributed by atoms with Crippen LogP contribution in [0, 0.1) is 0 Å². The maximum absolute atomic E-state index is 12.6. The highest BCUT2D eigenvalue weighted by molar-refractivity contribution is 6.31. The lowest BCUT2D eigenvalue weighted by molar-refractivity contribution is 0.0686. The molecule has 2 aromatic carbocycles. The molecular formula is C17H13ClN2O3. The third-order valence-corrected chi connectivity index (χ3v) is 3.87. The van der Waals surface area contributed by atoms with E-state index in [1.807, 2.05) is 18.2 Å². The van der Waals surface area contributed by atoms with Gasteiger partial charge in [0.2, 0.25) is 0 Å². The molecule has 1 heterocycles. The van der Waals surface area contributed by atoms with Gasteiger partial charge in [-0.1, -0.05) is 41.9 Å². The van der Waals surface area contributed by atoms with Gasteiger partial charge in [-0.3, -0.25) is 4.79 Å². The molecule has 0 amide bonds. The summed E-state index contributed by atoms with van der Waals surface area (Å²) in [7, 11) is 1.50. The summed E-state index contributed by atoms with van der Waals surface area (Å²) in [6.07, 6.45) is 0. The quantitative estimate of drug-likeness (QED) is 0.774. The zero-order valence-corrected chi connectivity index (χ0v) is 13.0. The maximum atomic E-state index is 12.6. The molecule has 1 aromatic heterocycles. The van der Waals surface area contributed by atoms with Gasteiger partial charge in [0.1, 0.15) is 0 Å². The number of hydrogen-bond acceptors (Lipinski definition) is 3. The molecule has 0 unspecified atom stereocenters. The number of carbonyl (C=O) groups is 1. The molecule has 0 spiro atoms. The fourth-order valence-electron chi connectivity index (χ4n) is 2.68. The number of benzene rings is 2. The van der Waals surface area contributed by atoms with Crippen LogP contribution in [0.15, 0.2) is 53.3 Å². The van der Waals surface area contributed by atoms with Gasteiger partial charge in [-0.05, 0) is 29.1 Å². The lowest BCUT2D eigenvalue weighted by Gasteiger charge is -2.17. The van der Waals surface area contributed by atoms with E-state index >= 15 is 0 Å². The molecular weight excluding hydrogens is 316 g/mol. The zero-order valence-electron chi connectivity index (χ0n) is 12.2. The molecule has 0 aliphatic carbocycles. The van der Waals surface area contributed by atoms with Crippen molar-refractivity contribution in [1.82, 2.24) is 4.68 Å². The molecule has 3 rings (SSSR count). The number of nitrogens with one attached hydrogen (secondary N) is 1. The van der Waals surface area contributed by atoms with E-state index in [1.165, 1.54) is 7.05 Å². The summed E-state index contributed by atoms with van der Waals surface area (Å²) in [4.78, 5) is 24.4. The number of halogens is 1. The molecule has 116 valence electrons. The second-order valence-corrected chi connectivity index (χ2v) is 5.39. The Labute approximate surface area is 136 Å². The molecule has 3 aromatic rings. The Bertz CT molecular complexity index is 965. The Kier molecular flexibility index (Phi) is 3.80. The highest BCUT2D eigenvalue weighted by Crippen LogP contribution is 2.32. The van der Waals surface area contributed by atoms with E-state index in [0.29, 0.717) is 26.9 Å². The SMILES string of the molecule is CNn1c(C(=O)O)c(-c2ccccc2)c2cc(Cl)ccc2c1=O. The van der Waals surface area contributed by atoms with Gasteiger partial charge >= 0.3 is 5.97 Å². The number of hydrogen-bond donors (Lipinski definition) is 2. The number of fused-ring (bicyclic) bond motifs is 1. The van der Waals surface area contributed by atoms with Crippen LogP contribution in [0.4, 0.5) is 0 Å². The predicted molar refractivity (Wildman–Crippen MR) is 90.9 cm³/mol. The van der Waals surface area contributed by atoms with Gasteiger partial charge in [0.15, 0.2) is 5.69 Å². The van der Waals surface area contributed by atoms with Crippen LogP contribution in [-0.2, 0) is 0 Å². The van der Waals surface area contributed by atoms with Gasteiger partial charge in [0.05, 0.1) is 0 Å². The van der Waals surface area contributed by atoms with E-state index < -0.39 is 11.5 Å². The number of nitrogens with zero attached hydrogens (tertiary/aromatic N) is 1. The van der Waals surface area contributed by atoms with E-state index in [-0.39, 0.29) is 5.69 Å². The van der Waals surface area contributed by atoms with Crippen LogP contribution >= 0.6 is 11.6 Å². The Hall–Kier alpha value is -2.79. The Morgan fingerprint density at radius 3 is 2.43 bits per heavy atom. The second-order valence-electron chi connectivity index (χ2n) is 4.95. The third-order valence-electron chi connectivity index (χ3n) is 3.63. The van der Waals surface area contributed by atoms with Crippen molar-refractivity contribution in [1.29, 1.82) is 0 Å². The first kappa shape index (κ1) is 15.1. The zero-order chi connectivity index (χ0) is 16.6. The van der Waals surface area contributed by atoms with Crippen molar-refractivity contribution in [2.24, 2.45) is 0 Å². The highest BCUT2D eigenvalue weighted by atomic mass is 35.5. The number of carboxylic acids is 1. The standard InChI is InChI=1S/C17H13ClN2O3/c1-19-20-15(17(22)23)14(10-5-3-2-4-6-10)13-9-11(18)7-8-12(13)16(20)21/h2-9,19H,1H3,(H,22,23). The molecule has 0 saturated heterocycles. The Morgan fingerprint density at radius 2 is 1.83 bits per heavy atom. The molecule has 0 aliphatic heterocycles. The average molecular weight is 329 g/mol. The first-order chi connectivity index (χ1) is 11.0. The van der Waals surface area contributed by atoms with Crippen LogP contribution in [0.25, 0.3) is 21.9 Å². The molecule has 5 nitrogen and oxygen atoms in total. The molecule has 0 aliphatic rings. The van der Waals surface area contributed by atoms with Crippen LogP contribution < -0.4 is 11.0 Å². The monoisotopic (exact) mass is 328 g/mol. The van der Waals surface area contributed by atoms with E-state index in [0.717, 1.165) is 4.68 Å². The number of rotatable bonds is 3. The number of pyridine rings is 1. The summed E-state index contributed by atoms with van der Waals surface area (Å²) in [5, 5.41) is 11.0. The van der Waals surface area contributed by atoms with Gasteiger partial charge in [-0.2, -0.15) is 0 Å². The average Bonchev–Trinajstić information content (AvgIpc) is 2.55. The van der Waals surface area contributed by atoms with Gasteiger partial charge in [0.25, 0.3) is 5.56 Å². The molecule has 23 heavy (non-hydrogen) atoms. The van der Waals surface area contributed by atoms with Gasteiger partial charge in [-0.15, -0.1) is 0 Å². The molecule has 0 atom stereocenters. The van der Waals surface area contributed by atoms with E-state index in [2.05, 4.69) is 5.43 Å². The van der Waals surface area contributed by atoms with Crippen LogP contribution in [0.3, 0.4) is 0 Å². The smallest absolute Gasteiger partial charge is 0.355 e. The van der Waals surface area contributed by atoms with Crippen LogP contribution in [0.5, 0.6) is 0 Å². The van der Waals surface area contributed by atoms with Gasteiger partial charge in [0, 0.05) is 23.0 Å². The van der Waals surface area contributed by atoms with Crippen molar-refractivity contribution in [3.63, 3.8) is 0 Å². The largest absolute Gasteiger partial charge is 0.476 e. The molecule has 0 radical (unpaired) electrons. The minimum atomic E-state index is -1.20. The first-order valence-corrected chi connectivity index (χ1v) is 7.27. The fourth-order valence-corrected chi connectivity index (χ4v) is 2.86. The third kappa shape index (κ3) is 2.45. The first-order valence-electron chi connectivity index (χ1n) is 6.89. The molecule has 0 bridgehead atoms. The minimum Gasteiger partial charge on any atom is -0.476 e. The van der Waals surface area contributed by atoms with Gasteiger partial charge in [-0.25, -0.2) is 9.47 Å². The lowest BCUT2D eigenvalue weighted by atomic mass is 9.97. The van der Waals surface area contributed by atoms with Crippen molar-refractivity contribution in [2.75, 3.05) is 12.5 Å². The Balaban J connectivity index is 2.60. The van der Waals surface area contributed by atoms with Crippen LogP contribution in [0.2, 0.25) is 5.02 Å². The lowest BCUT2D eigenvalue weighted by Crippen LogP contribution is -2.32. The molecule has 0 fully saturated rings. The molecule has 2 N–H and O–H groups in total. The summed E-state index contributed by atoms with van der Waals surface area (Å²) in [6, 6.07) is 13.9.